The Balaban J connectivity index is 1.86. The third-order valence-corrected chi connectivity index (χ3v) is 6.74. The van der Waals surface area contributed by atoms with Crippen LogP contribution in [0.25, 0.3) is 0 Å². The second-order valence-corrected chi connectivity index (χ2v) is 13.0. The fourth-order valence-corrected chi connectivity index (χ4v) is 4.96. The first-order valence-electron chi connectivity index (χ1n) is 12.4. The molecule has 0 heterocycles. The number of ether oxygens (including phenoxy) is 2. The molecule has 0 spiro atoms. The minimum absolute atomic E-state index is 0.0598. The molecule has 0 amide bonds. The standard InChI is InChI=1S/C29H43NO4S/c1-27(2,3)34-26(31)19-20-28(4,5)21-29(6,7)33-24-15-11-22(12-16-24)9-10-23-13-17-25(18-14-23)35(32)30-8/h11-18,30H,9-10,19-21H2,1-8H3. The summed E-state index contributed by atoms with van der Waals surface area (Å²) >= 11 is 0. The summed E-state index contributed by atoms with van der Waals surface area (Å²) in [6, 6.07) is 16.2. The normalized spacial score (nSPS) is 13.4. The number of carbonyl (C=O) groups excluding carboxylic acids is 1. The molecule has 0 aliphatic rings. The van der Waals surface area contributed by atoms with Crippen molar-refractivity contribution in [2.75, 3.05) is 7.05 Å². The van der Waals surface area contributed by atoms with Crippen LogP contribution in [-0.2, 0) is 33.4 Å². The van der Waals surface area contributed by atoms with Crippen molar-refractivity contribution in [2.45, 2.75) is 96.7 Å². The van der Waals surface area contributed by atoms with Gasteiger partial charge in [-0.3, -0.25) is 4.79 Å². The maximum atomic E-state index is 12.1. The van der Waals surface area contributed by atoms with E-state index in [0.717, 1.165) is 36.3 Å². The van der Waals surface area contributed by atoms with Crippen LogP contribution in [-0.4, -0.2) is 28.4 Å². The molecule has 0 aliphatic heterocycles. The molecule has 0 fully saturated rings. The molecule has 0 saturated carbocycles. The van der Waals surface area contributed by atoms with Crippen LogP contribution in [0, 0.1) is 5.41 Å². The first kappa shape index (κ1) is 29.1. The van der Waals surface area contributed by atoms with Gasteiger partial charge in [-0.05, 0) is 108 Å². The van der Waals surface area contributed by atoms with Gasteiger partial charge >= 0.3 is 5.97 Å². The van der Waals surface area contributed by atoms with Gasteiger partial charge in [-0.15, -0.1) is 0 Å². The van der Waals surface area contributed by atoms with E-state index in [1.807, 2.05) is 57.2 Å². The average molecular weight is 502 g/mol. The molecule has 1 N–H and O–H groups in total. The molecule has 0 aromatic heterocycles. The van der Waals surface area contributed by atoms with E-state index in [0.29, 0.717) is 6.42 Å². The zero-order valence-corrected chi connectivity index (χ0v) is 23.5. The van der Waals surface area contributed by atoms with Gasteiger partial charge in [0, 0.05) is 6.42 Å². The summed E-state index contributed by atoms with van der Waals surface area (Å²) in [6.07, 6.45) is 3.82. The summed E-state index contributed by atoms with van der Waals surface area (Å²) in [5.74, 6) is 0.698. The number of esters is 1. The minimum Gasteiger partial charge on any atom is -0.488 e. The first-order valence-corrected chi connectivity index (χ1v) is 13.5. The minimum atomic E-state index is -1.15. The lowest BCUT2D eigenvalue weighted by atomic mass is 9.78. The van der Waals surface area contributed by atoms with Crippen LogP contribution in [0.2, 0.25) is 0 Å². The highest BCUT2D eigenvalue weighted by atomic mass is 32.2. The lowest BCUT2D eigenvalue weighted by Gasteiger charge is -2.35. The summed E-state index contributed by atoms with van der Waals surface area (Å²) in [6.45, 7) is 14.2. The Morgan fingerprint density at radius 3 is 1.86 bits per heavy atom. The second kappa shape index (κ2) is 12.2. The van der Waals surface area contributed by atoms with E-state index < -0.39 is 16.6 Å². The third kappa shape index (κ3) is 11.0. The molecule has 194 valence electrons. The number of rotatable bonds is 12. The number of nitrogens with one attached hydrogen (secondary N) is 1. The van der Waals surface area contributed by atoms with Gasteiger partial charge in [-0.25, -0.2) is 8.93 Å². The quantitative estimate of drug-likeness (QED) is 0.341. The molecule has 2 aromatic carbocycles. The lowest BCUT2D eigenvalue weighted by molar-refractivity contribution is -0.155. The molecule has 6 heteroatoms. The first-order chi connectivity index (χ1) is 16.2. The molecule has 2 aromatic rings. The van der Waals surface area contributed by atoms with Crippen molar-refractivity contribution in [2.24, 2.45) is 5.41 Å². The molecular formula is C29H43NO4S. The molecule has 1 atom stereocenters. The fraction of sp³-hybridized carbons (Fsp3) is 0.552. The Morgan fingerprint density at radius 2 is 1.37 bits per heavy atom. The van der Waals surface area contributed by atoms with Gasteiger partial charge < -0.3 is 9.47 Å². The average Bonchev–Trinajstić information content (AvgIpc) is 2.75. The molecule has 1 unspecified atom stereocenters. The van der Waals surface area contributed by atoms with Crippen molar-refractivity contribution in [3.05, 3.63) is 59.7 Å². The van der Waals surface area contributed by atoms with Gasteiger partial charge in [0.1, 0.15) is 27.9 Å². The van der Waals surface area contributed by atoms with E-state index in [4.69, 9.17) is 9.47 Å². The van der Waals surface area contributed by atoms with Gasteiger partial charge in [0.2, 0.25) is 0 Å². The number of hydrogen-bond acceptors (Lipinski definition) is 4. The van der Waals surface area contributed by atoms with Crippen LogP contribution in [0.15, 0.2) is 53.4 Å². The maximum Gasteiger partial charge on any atom is 0.306 e. The SMILES string of the molecule is CNS(=O)c1ccc(CCc2ccc(OC(C)(C)CC(C)(C)CCC(=O)OC(C)(C)C)cc2)cc1. The monoisotopic (exact) mass is 501 g/mol. The molecule has 2 rings (SSSR count). The Morgan fingerprint density at radius 1 is 0.857 bits per heavy atom. The van der Waals surface area contributed by atoms with Crippen LogP contribution in [0.4, 0.5) is 0 Å². The largest absolute Gasteiger partial charge is 0.488 e. The van der Waals surface area contributed by atoms with E-state index in [1.54, 1.807) is 7.05 Å². The van der Waals surface area contributed by atoms with Crippen LogP contribution in [0.5, 0.6) is 5.75 Å². The molecule has 0 radical (unpaired) electrons. The fourth-order valence-electron chi connectivity index (χ4n) is 4.34. The molecule has 0 saturated heterocycles. The number of carbonyl (C=O) groups is 1. The van der Waals surface area contributed by atoms with Crippen molar-refractivity contribution in [1.29, 1.82) is 0 Å². The topological polar surface area (TPSA) is 64.6 Å². The Labute approximate surface area is 214 Å². The predicted octanol–water partition coefficient (Wildman–Crippen LogP) is 6.41. The van der Waals surface area contributed by atoms with Crippen LogP contribution >= 0.6 is 0 Å². The van der Waals surface area contributed by atoms with Crippen molar-refractivity contribution >= 4 is 17.0 Å². The highest BCUT2D eigenvalue weighted by Gasteiger charge is 2.31. The van der Waals surface area contributed by atoms with Crippen molar-refractivity contribution in [1.82, 2.24) is 4.72 Å². The predicted molar refractivity (Wildman–Crippen MR) is 144 cm³/mol. The zero-order chi connectivity index (χ0) is 26.3. The molecule has 0 bridgehead atoms. The highest BCUT2D eigenvalue weighted by molar-refractivity contribution is 7.83. The number of hydrogen-bond donors (Lipinski definition) is 1. The molecule has 0 aliphatic carbocycles. The van der Waals surface area contributed by atoms with Crippen LogP contribution < -0.4 is 9.46 Å². The number of benzene rings is 2. The van der Waals surface area contributed by atoms with Crippen molar-refractivity contribution in [3.8, 4) is 5.75 Å². The van der Waals surface area contributed by atoms with Crippen LogP contribution in [0.1, 0.15) is 78.9 Å². The third-order valence-electron chi connectivity index (χ3n) is 5.67. The summed E-state index contributed by atoms with van der Waals surface area (Å²) in [5, 5.41) is 0. The van der Waals surface area contributed by atoms with Gasteiger partial charge in [0.05, 0.1) is 4.90 Å². The smallest absolute Gasteiger partial charge is 0.306 e. The Kier molecular flexibility index (Phi) is 10.1. The summed E-state index contributed by atoms with van der Waals surface area (Å²) in [4.78, 5) is 12.9. The molecular weight excluding hydrogens is 458 g/mol. The number of aryl methyl sites for hydroxylation is 2. The summed E-state index contributed by atoms with van der Waals surface area (Å²) in [5.41, 5.74) is 1.59. The molecule has 35 heavy (non-hydrogen) atoms. The van der Waals surface area contributed by atoms with E-state index >= 15 is 0 Å². The maximum absolute atomic E-state index is 12.1. The van der Waals surface area contributed by atoms with E-state index in [1.165, 1.54) is 11.1 Å². The Hall–Kier alpha value is -2.18. The molecule has 5 nitrogen and oxygen atoms in total. The van der Waals surface area contributed by atoms with E-state index in [9.17, 15) is 9.00 Å². The van der Waals surface area contributed by atoms with Gasteiger partial charge in [0.15, 0.2) is 0 Å². The highest BCUT2D eigenvalue weighted by Crippen LogP contribution is 2.35. The van der Waals surface area contributed by atoms with Crippen LogP contribution in [0.3, 0.4) is 0 Å². The van der Waals surface area contributed by atoms with Gasteiger partial charge in [0.25, 0.3) is 0 Å². The van der Waals surface area contributed by atoms with Gasteiger partial charge in [-0.2, -0.15) is 0 Å². The summed E-state index contributed by atoms with van der Waals surface area (Å²) < 4.78 is 26.3. The van der Waals surface area contributed by atoms with E-state index in [-0.39, 0.29) is 17.0 Å². The summed E-state index contributed by atoms with van der Waals surface area (Å²) in [7, 11) is 0.538. The Bertz CT molecular complexity index is 973. The van der Waals surface area contributed by atoms with E-state index in [2.05, 4.69) is 44.5 Å². The second-order valence-electron chi connectivity index (χ2n) is 11.5. The zero-order valence-electron chi connectivity index (χ0n) is 22.7. The van der Waals surface area contributed by atoms with Gasteiger partial charge in [-0.1, -0.05) is 38.1 Å². The van der Waals surface area contributed by atoms with Crippen molar-refractivity contribution in [3.63, 3.8) is 0 Å². The lowest BCUT2D eigenvalue weighted by Crippen LogP contribution is -2.35. The van der Waals surface area contributed by atoms with Crippen molar-refractivity contribution < 1.29 is 18.5 Å².